The van der Waals surface area contributed by atoms with E-state index in [9.17, 15) is 22.4 Å². The van der Waals surface area contributed by atoms with Crippen LogP contribution in [0, 0.1) is 5.82 Å². The molecule has 2 aromatic carbocycles. The van der Waals surface area contributed by atoms with Crippen LogP contribution < -0.4 is 9.64 Å². The molecule has 0 saturated carbocycles. The number of anilines is 1. The Morgan fingerprint density at radius 3 is 2.71 bits per heavy atom. The van der Waals surface area contributed by atoms with Crippen LogP contribution in [0.1, 0.15) is 22.3 Å². The molecule has 0 unspecified atom stereocenters. The first kappa shape index (κ1) is 18.2. The molecule has 4 rings (SSSR count). The maximum absolute atomic E-state index is 14.0. The number of ether oxygens (including phenoxy) is 2. The van der Waals surface area contributed by atoms with Gasteiger partial charge >= 0.3 is 6.18 Å². The van der Waals surface area contributed by atoms with E-state index >= 15 is 0 Å². The quantitative estimate of drug-likeness (QED) is 0.480. The van der Waals surface area contributed by atoms with E-state index < -0.39 is 29.2 Å². The monoisotopic (exact) mass is 396 g/mol. The molecule has 10 heteroatoms. The van der Waals surface area contributed by atoms with E-state index in [0.717, 1.165) is 29.2 Å². The summed E-state index contributed by atoms with van der Waals surface area (Å²) in [6, 6.07) is 5.02. The molecule has 2 aromatic rings. The Morgan fingerprint density at radius 2 is 2.00 bits per heavy atom. The molecule has 0 aromatic heterocycles. The van der Waals surface area contributed by atoms with Gasteiger partial charge < -0.3 is 19.6 Å². The minimum atomic E-state index is -4.62. The summed E-state index contributed by atoms with van der Waals surface area (Å²) >= 11 is 0. The van der Waals surface area contributed by atoms with Gasteiger partial charge in [0.25, 0.3) is 5.91 Å². The van der Waals surface area contributed by atoms with Gasteiger partial charge in [0, 0.05) is 16.7 Å². The highest BCUT2D eigenvalue weighted by Gasteiger charge is 2.39. The lowest BCUT2D eigenvalue weighted by atomic mass is 10.1. The van der Waals surface area contributed by atoms with Crippen molar-refractivity contribution >= 4 is 17.3 Å². The van der Waals surface area contributed by atoms with Gasteiger partial charge in [0.05, 0.1) is 24.4 Å². The first-order chi connectivity index (χ1) is 13.3. The molecule has 6 nitrogen and oxygen atoms in total. The second-order valence-corrected chi connectivity index (χ2v) is 6.23. The Balaban J connectivity index is 1.80. The van der Waals surface area contributed by atoms with Gasteiger partial charge in [-0.3, -0.25) is 4.79 Å². The molecule has 0 atom stereocenters. The fourth-order valence-corrected chi connectivity index (χ4v) is 3.28. The Hall–Kier alpha value is -3.14. The van der Waals surface area contributed by atoms with Crippen molar-refractivity contribution in [2.75, 3.05) is 11.7 Å². The van der Waals surface area contributed by atoms with Crippen LogP contribution in [0.4, 0.5) is 23.2 Å². The molecule has 1 amide bonds. The molecular formula is C18H12F4N2O4. The van der Waals surface area contributed by atoms with Crippen LogP contribution in [-0.4, -0.2) is 23.6 Å². The SMILES string of the molecule is O=C1/C(=N\O)c2ccc(C(F)(F)F)cc2N1Cc1cc(F)cc2c1OCOC2. The first-order valence-corrected chi connectivity index (χ1v) is 8.07. The Morgan fingerprint density at radius 1 is 1.21 bits per heavy atom. The van der Waals surface area contributed by atoms with Crippen LogP contribution in [0.25, 0.3) is 0 Å². The molecule has 0 fully saturated rings. The van der Waals surface area contributed by atoms with E-state index in [-0.39, 0.29) is 36.8 Å². The summed E-state index contributed by atoms with van der Waals surface area (Å²) < 4.78 is 63.7. The molecule has 2 aliphatic heterocycles. The molecule has 146 valence electrons. The molecule has 0 saturated heterocycles. The second kappa shape index (κ2) is 6.48. The van der Waals surface area contributed by atoms with Gasteiger partial charge in [0.1, 0.15) is 11.6 Å². The summed E-state index contributed by atoms with van der Waals surface area (Å²) in [6.45, 7) is -0.240. The van der Waals surface area contributed by atoms with E-state index in [0.29, 0.717) is 11.3 Å². The Bertz CT molecular complexity index is 1000. The minimum Gasteiger partial charge on any atom is -0.467 e. The number of fused-ring (bicyclic) bond motifs is 2. The van der Waals surface area contributed by atoms with Crippen molar-refractivity contribution in [1.29, 1.82) is 0 Å². The maximum Gasteiger partial charge on any atom is 0.416 e. The lowest BCUT2D eigenvalue weighted by molar-refractivity contribution is -0.137. The van der Waals surface area contributed by atoms with Crippen molar-refractivity contribution in [3.63, 3.8) is 0 Å². The Kier molecular flexibility index (Phi) is 4.22. The lowest BCUT2D eigenvalue weighted by Gasteiger charge is -2.24. The van der Waals surface area contributed by atoms with E-state index in [1.165, 1.54) is 6.07 Å². The van der Waals surface area contributed by atoms with Crippen LogP contribution in [0.3, 0.4) is 0 Å². The third kappa shape index (κ3) is 2.95. The Labute approximate surface area is 155 Å². The zero-order chi connectivity index (χ0) is 20.1. The number of benzene rings is 2. The van der Waals surface area contributed by atoms with Gasteiger partial charge in [0.2, 0.25) is 0 Å². The maximum atomic E-state index is 14.0. The number of carbonyl (C=O) groups is 1. The molecule has 1 N–H and O–H groups in total. The summed E-state index contributed by atoms with van der Waals surface area (Å²) in [6.07, 6.45) is -4.62. The highest BCUT2D eigenvalue weighted by atomic mass is 19.4. The van der Waals surface area contributed by atoms with Crippen molar-refractivity contribution in [2.24, 2.45) is 5.16 Å². The van der Waals surface area contributed by atoms with Crippen LogP contribution in [-0.2, 0) is 28.9 Å². The molecule has 0 spiro atoms. The molecular weight excluding hydrogens is 384 g/mol. The van der Waals surface area contributed by atoms with Gasteiger partial charge in [-0.2, -0.15) is 13.2 Å². The number of rotatable bonds is 2. The van der Waals surface area contributed by atoms with Crippen molar-refractivity contribution < 1.29 is 37.0 Å². The van der Waals surface area contributed by atoms with Crippen LogP contribution in [0.2, 0.25) is 0 Å². The molecule has 2 heterocycles. The predicted octanol–water partition coefficient (Wildman–Crippen LogP) is 3.44. The lowest BCUT2D eigenvalue weighted by Crippen LogP contribution is -2.30. The predicted molar refractivity (Wildman–Crippen MR) is 87.6 cm³/mol. The smallest absolute Gasteiger partial charge is 0.416 e. The van der Waals surface area contributed by atoms with Crippen molar-refractivity contribution in [1.82, 2.24) is 0 Å². The fraction of sp³-hybridized carbons (Fsp3) is 0.222. The fourth-order valence-electron chi connectivity index (χ4n) is 3.28. The minimum absolute atomic E-state index is 0.0509. The second-order valence-electron chi connectivity index (χ2n) is 6.23. The van der Waals surface area contributed by atoms with Crippen LogP contribution in [0.5, 0.6) is 5.75 Å². The standard InChI is InChI=1S/C18H12F4N2O4/c19-12-3-9(16-10(4-12)7-27-8-28-16)6-24-14-5-11(18(20,21)22)1-2-13(14)15(23-26)17(24)25/h1-5,26H,6-8H2/b23-15-. The molecule has 28 heavy (non-hydrogen) atoms. The van der Waals surface area contributed by atoms with Crippen molar-refractivity contribution in [3.05, 3.63) is 58.4 Å². The number of alkyl halides is 3. The number of oxime groups is 1. The number of halogens is 4. The highest BCUT2D eigenvalue weighted by molar-refractivity contribution is 6.54. The van der Waals surface area contributed by atoms with Gasteiger partial charge in [-0.05, 0) is 30.3 Å². The summed E-state index contributed by atoms with van der Waals surface area (Å²) in [5, 5.41) is 12.1. The number of hydrogen-bond donors (Lipinski definition) is 1. The molecule has 0 aliphatic carbocycles. The zero-order valence-corrected chi connectivity index (χ0v) is 14.1. The largest absolute Gasteiger partial charge is 0.467 e. The number of hydrogen-bond acceptors (Lipinski definition) is 5. The molecule has 2 aliphatic rings. The van der Waals surface area contributed by atoms with Gasteiger partial charge in [-0.15, -0.1) is 0 Å². The van der Waals surface area contributed by atoms with E-state index in [1.54, 1.807) is 0 Å². The highest BCUT2D eigenvalue weighted by Crippen LogP contribution is 2.39. The van der Waals surface area contributed by atoms with E-state index in [4.69, 9.17) is 14.7 Å². The average Bonchev–Trinajstić information content (AvgIpc) is 2.91. The van der Waals surface area contributed by atoms with E-state index in [1.807, 2.05) is 0 Å². The van der Waals surface area contributed by atoms with Gasteiger partial charge in [-0.25, -0.2) is 4.39 Å². The number of nitrogens with zero attached hydrogens (tertiary/aromatic N) is 2. The number of carbonyl (C=O) groups excluding carboxylic acids is 1. The van der Waals surface area contributed by atoms with Crippen molar-refractivity contribution in [3.8, 4) is 5.75 Å². The summed E-state index contributed by atoms with van der Waals surface area (Å²) in [7, 11) is 0. The first-order valence-electron chi connectivity index (χ1n) is 8.07. The van der Waals surface area contributed by atoms with Crippen LogP contribution in [0.15, 0.2) is 35.5 Å². The topological polar surface area (TPSA) is 71.4 Å². The zero-order valence-electron chi connectivity index (χ0n) is 14.1. The average molecular weight is 396 g/mol. The summed E-state index contributed by atoms with van der Waals surface area (Å²) in [5.41, 5.74) is -0.706. The third-order valence-electron chi connectivity index (χ3n) is 4.50. The normalized spacial score (nSPS) is 17.5. The van der Waals surface area contributed by atoms with Crippen molar-refractivity contribution in [2.45, 2.75) is 19.3 Å². The summed E-state index contributed by atoms with van der Waals surface area (Å²) in [5.74, 6) is -1.10. The molecule has 0 bridgehead atoms. The molecule has 0 radical (unpaired) electrons. The van der Waals surface area contributed by atoms with E-state index in [2.05, 4.69) is 5.16 Å². The summed E-state index contributed by atoms with van der Waals surface area (Å²) in [4.78, 5) is 13.6. The van der Waals surface area contributed by atoms with Gasteiger partial charge in [-0.1, -0.05) is 5.16 Å². The third-order valence-corrected chi connectivity index (χ3v) is 4.50. The van der Waals surface area contributed by atoms with Crippen LogP contribution >= 0.6 is 0 Å². The number of amides is 1. The van der Waals surface area contributed by atoms with Gasteiger partial charge in [0.15, 0.2) is 12.5 Å².